The van der Waals surface area contributed by atoms with Gasteiger partial charge in [0.15, 0.2) is 0 Å². The summed E-state index contributed by atoms with van der Waals surface area (Å²) in [5, 5.41) is 4.96. The largest absolute Gasteiger partial charge is 0.467 e. The molecular weight excluding hydrogens is 386 g/mol. The highest BCUT2D eigenvalue weighted by molar-refractivity contribution is 5.93. The molecule has 0 aliphatic carbocycles. The molecule has 174 valence electrons. The monoisotopic (exact) mass is 427 g/mol. The van der Waals surface area contributed by atoms with Gasteiger partial charge in [-0.05, 0) is 13.3 Å². The van der Waals surface area contributed by atoms with E-state index in [0.29, 0.717) is 0 Å². The van der Waals surface area contributed by atoms with Gasteiger partial charge in [-0.2, -0.15) is 0 Å². The number of rotatable bonds is 18. The molecule has 0 saturated carbocycles. The number of ether oxygens (including phenoxy) is 1. The quantitative estimate of drug-likeness (QED) is 0.229. The van der Waals surface area contributed by atoms with Crippen molar-refractivity contribution in [1.29, 1.82) is 0 Å². The zero-order chi connectivity index (χ0) is 22.8. The molecule has 30 heavy (non-hydrogen) atoms. The number of nitrogens with two attached hydrogens (primary N) is 1. The Hall–Kier alpha value is -2.12. The van der Waals surface area contributed by atoms with Gasteiger partial charge in [0.25, 0.3) is 0 Å². The molecule has 0 heterocycles. The lowest BCUT2D eigenvalue weighted by molar-refractivity contribution is -0.144. The molecular formula is C22H41N3O5. The van der Waals surface area contributed by atoms with Gasteiger partial charge in [0.1, 0.15) is 12.1 Å². The average molecular weight is 428 g/mol. The van der Waals surface area contributed by atoms with Gasteiger partial charge in [-0.1, -0.05) is 71.1 Å². The Balaban J connectivity index is 4.07. The van der Waals surface area contributed by atoms with Crippen LogP contribution in [-0.2, 0) is 23.9 Å². The van der Waals surface area contributed by atoms with Crippen molar-refractivity contribution in [2.75, 3.05) is 7.11 Å². The SMILES string of the molecule is CCCCCCCCCCCCCC(=O)NC(CC(N)=O)C(=O)NC(C)C(=O)OC. The highest BCUT2D eigenvalue weighted by Crippen LogP contribution is 2.12. The van der Waals surface area contributed by atoms with Gasteiger partial charge in [-0.3, -0.25) is 14.4 Å². The molecule has 0 aromatic carbocycles. The number of carbonyl (C=O) groups is 4. The second kappa shape index (κ2) is 17.7. The number of esters is 1. The van der Waals surface area contributed by atoms with Crippen LogP contribution in [0.5, 0.6) is 0 Å². The third-order valence-corrected chi connectivity index (χ3v) is 4.98. The van der Waals surface area contributed by atoms with Gasteiger partial charge in [0, 0.05) is 6.42 Å². The molecule has 4 N–H and O–H groups in total. The van der Waals surface area contributed by atoms with Crippen molar-refractivity contribution in [3.8, 4) is 0 Å². The van der Waals surface area contributed by atoms with Gasteiger partial charge in [-0.25, -0.2) is 4.79 Å². The summed E-state index contributed by atoms with van der Waals surface area (Å²) in [5.41, 5.74) is 5.18. The lowest BCUT2D eigenvalue weighted by Crippen LogP contribution is -2.52. The Morgan fingerprint density at radius 3 is 1.80 bits per heavy atom. The van der Waals surface area contributed by atoms with Crippen molar-refractivity contribution >= 4 is 23.7 Å². The summed E-state index contributed by atoms with van der Waals surface area (Å²) in [6.07, 6.45) is 13.0. The zero-order valence-electron chi connectivity index (χ0n) is 19.0. The second-order valence-corrected chi connectivity index (χ2v) is 7.83. The number of unbranched alkanes of at least 4 members (excludes halogenated alkanes) is 10. The van der Waals surface area contributed by atoms with E-state index in [9.17, 15) is 19.2 Å². The maximum absolute atomic E-state index is 12.3. The van der Waals surface area contributed by atoms with Crippen molar-refractivity contribution in [2.45, 2.75) is 109 Å². The molecule has 2 unspecified atom stereocenters. The summed E-state index contributed by atoms with van der Waals surface area (Å²) in [6, 6.07) is -1.99. The number of carbonyl (C=O) groups excluding carboxylic acids is 4. The Kier molecular flexibility index (Phi) is 16.5. The summed E-state index contributed by atoms with van der Waals surface area (Å²) in [5.74, 6) is -2.28. The molecule has 8 nitrogen and oxygen atoms in total. The normalized spacial score (nSPS) is 12.6. The Labute approximate surface area is 181 Å². The van der Waals surface area contributed by atoms with E-state index in [4.69, 9.17) is 5.73 Å². The van der Waals surface area contributed by atoms with Crippen LogP contribution in [0.25, 0.3) is 0 Å². The predicted octanol–water partition coefficient (Wildman–Crippen LogP) is 2.73. The van der Waals surface area contributed by atoms with E-state index in [0.717, 1.165) is 19.3 Å². The van der Waals surface area contributed by atoms with Gasteiger partial charge in [-0.15, -0.1) is 0 Å². The number of amides is 3. The number of methoxy groups -OCH3 is 1. The lowest BCUT2D eigenvalue weighted by atomic mass is 10.0. The molecule has 0 bridgehead atoms. The summed E-state index contributed by atoms with van der Waals surface area (Å²) in [7, 11) is 1.21. The van der Waals surface area contributed by atoms with Crippen LogP contribution in [0.2, 0.25) is 0 Å². The molecule has 0 aliphatic heterocycles. The Morgan fingerprint density at radius 2 is 1.33 bits per heavy atom. The third-order valence-electron chi connectivity index (χ3n) is 4.98. The van der Waals surface area contributed by atoms with Crippen LogP contribution in [0.4, 0.5) is 0 Å². The Morgan fingerprint density at radius 1 is 0.833 bits per heavy atom. The van der Waals surface area contributed by atoms with Crippen molar-refractivity contribution in [3.63, 3.8) is 0 Å². The minimum absolute atomic E-state index is 0.284. The van der Waals surface area contributed by atoms with E-state index in [1.54, 1.807) is 0 Å². The first kappa shape index (κ1) is 27.9. The van der Waals surface area contributed by atoms with Gasteiger partial charge in [0.05, 0.1) is 13.5 Å². The van der Waals surface area contributed by atoms with Crippen molar-refractivity contribution in [2.24, 2.45) is 5.73 Å². The van der Waals surface area contributed by atoms with Gasteiger partial charge >= 0.3 is 5.97 Å². The Bertz CT molecular complexity index is 525. The van der Waals surface area contributed by atoms with Gasteiger partial charge in [0.2, 0.25) is 17.7 Å². The van der Waals surface area contributed by atoms with E-state index >= 15 is 0 Å². The van der Waals surface area contributed by atoms with Crippen LogP contribution in [0.1, 0.15) is 97.3 Å². The second-order valence-electron chi connectivity index (χ2n) is 7.83. The summed E-state index contributed by atoms with van der Waals surface area (Å²) >= 11 is 0. The first-order valence-corrected chi connectivity index (χ1v) is 11.3. The molecule has 2 atom stereocenters. The number of nitrogens with one attached hydrogen (secondary N) is 2. The minimum atomic E-state index is -1.10. The highest BCUT2D eigenvalue weighted by atomic mass is 16.5. The molecule has 3 amide bonds. The van der Waals surface area contributed by atoms with Crippen LogP contribution >= 0.6 is 0 Å². The average Bonchev–Trinajstić information content (AvgIpc) is 2.70. The smallest absolute Gasteiger partial charge is 0.328 e. The summed E-state index contributed by atoms with van der Waals surface area (Å²) in [6.45, 7) is 3.68. The molecule has 0 saturated heterocycles. The zero-order valence-corrected chi connectivity index (χ0v) is 19.0. The van der Waals surface area contributed by atoms with E-state index in [2.05, 4.69) is 22.3 Å². The first-order chi connectivity index (χ1) is 14.3. The summed E-state index contributed by atoms with van der Waals surface area (Å²) < 4.78 is 4.54. The number of primary amides is 1. The fraction of sp³-hybridized carbons (Fsp3) is 0.818. The fourth-order valence-electron chi connectivity index (χ4n) is 3.18. The van der Waals surface area contributed by atoms with Crippen molar-refractivity contribution in [3.05, 3.63) is 0 Å². The van der Waals surface area contributed by atoms with E-state index in [1.807, 2.05) is 0 Å². The molecule has 0 spiro atoms. The molecule has 0 aromatic heterocycles. The van der Waals surface area contributed by atoms with Crippen LogP contribution in [-0.4, -0.2) is 42.9 Å². The summed E-state index contributed by atoms with van der Waals surface area (Å²) in [4.78, 5) is 47.1. The number of hydrogen-bond acceptors (Lipinski definition) is 5. The van der Waals surface area contributed by atoms with Crippen LogP contribution in [0.15, 0.2) is 0 Å². The van der Waals surface area contributed by atoms with Crippen molar-refractivity contribution in [1.82, 2.24) is 10.6 Å². The fourth-order valence-corrected chi connectivity index (χ4v) is 3.18. The first-order valence-electron chi connectivity index (χ1n) is 11.3. The third kappa shape index (κ3) is 14.8. The maximum Gasteiger partial charge on any atom is 0.328 e. The predicted molar refractivity (Wildman–Crippen MR) is 116 cm³/mol. The highest BCUT2D eigenvalue weighted by Gasteiger charge is 2.26. The lowest BCUT2D eigenvalue weighted by Gasteiger charge is -2.19. The van der Waals surface area contributed by atoms with E-state index < -0.39 is 29.9 Å². The van der Waals surface area contributed by atoms with Crippen LogP contribution in [0, 0.1) is 0 Å². The molecule has 0 fully saturated rings. The minimum Gasteiger partial charge on any atom is -0.467 e. The maximum atomic E-state index is 12.3. The number of hydrogen-bond donors (Lipinski definition) is 3. The van der Waals surface area contributed by atoms with Crippen LogP contribution < -0.4 is 16.4 Å². The van der Waals surface area contributed by atoms with E-state index in [-0.39, 0.29) is 18.7 Å². The van der Waals surface area contributed by atoms with Crippen LogP contribution in [0.3, 0.4) is 0 Å². The standard InChI is InChI=1S/C22H41N3O5/c1-4-5-6-7-8-9-10-11-12-13-14-15-20(27)25-18(16-19(23)26)21(28)24-17(2)22(29)30-3/h17-18H,4-16H2,1-3H3,(H2,23,26)(H,24,28)(H,25,27). The molecule has 0 aromatic rings. The molecule has 0 rings (SSSR count). The molecule has 0 aliphatic rings. The van der Waals surface area contributed by atoms with Crippen molar-refractivity contribution < 1.29 is 23.9 Å². The topological polar surface area (TPSA) is 128 Å². The molecule has 8 heteroatoms. The molecule has 0 radical (unpaired) electrons. The van der Waals surface area contributed by atoms with E-state index in [1.165, 1.54) is 65.4 Å². The van der Waals surface area contributed by atoms with Gasteiger partial charge < -0.3 is 21.1 Å².